The molecule has 0 atom stereocenters. The van der Waals surface area contributed by atoms with Crippen LogP contribution in [0.3, 0.4) is 0 Å². The number of nitrogens with one attached hydrogen (secondary N) is 1. The number of nitrogens with two attached hydrogens (primary N) is 1. The number of rotatable bonds is 4. The lowest BCUT2D eigenvalue weighted by molar-refractivity contribution is 0.181. The smallest absolute Gasteiger partial charge is 0.314 e. The maximum atomic E-state index is 11.3. The topological polar surface area (TPSA) is 95.0 Å². The number of amides is 2. The Hall–Kier alpha value is -3.59. The monoisotopic (exact) mass is 385 g/mol. The molecular weight excluding hydrogens is 362 g/mol. The van der Waals surface area contributed by atoms with Crippen molar-refractivity contribution < 1.29 is 4.79 Å². The van der Waals surface area contributed by atoms with Gasteiger partial charge in [-0.05, 0) is 65.6 Å². The summed E-state index contributed by atoms with van der Waals surface area (Å²) >= 11 is 0. The van der Waals surface area contributed by atoms with Gasteiger partial charge < -0.3 is 16.0 Å². The third-order valence-corrected chi connectivity index (χ3v) is 5.59. The highest BCUT2D eigenvalue weighted by Crippen LogP contribution is 2.31. The summed E-state index contributed by atoms with van der Waals surface area (Å²) in [6.45, 7) is 2.26. The fourth-order valence-electron chi connectivity index (χ4n) is 3.89. The van der Waals surface area contributed by atoms with E-state index in [1.54, 1.807) is 11.1 Å². The Bertz CT molecular complexity index is 1080. The first-order valence-electron chi connectivity index (χ1n) is 9.80. The summed E-state index contributed by atoms with van der Waals surface area (Å²) < 4.78 is 0. The van der Waals surface area contributed by atoms with Crippen LogP contribution in [0.4, 0.5) is 10.5 Å². The molecule has 1 saturated heterocycles. The number of primary amides is 1. The van der Waals surface area contributed by atoms with E-state index in [0.717, 1.165) is 47.0 Å². The normalized spacial score (nSPS) is 14.5. The molecule has 1 aliphatic rings. The van der Waals surface area contributed by atoms with Crippen LogP contribution in [0.1, 0.15) is 18.4 Å². The highest BCUT2D eigenvalue weighted by molar-refractivity contribution is 5.97. The van der Waals surface area contributed by atoms with Crippen molar-refractivity contribution in [1.82, 2.24) is 9.88 Å². The van der Waals surface area contributed by atoms with Gasteiger partial charge in [0.1, 0.15) is 0 Å². The molecule has 0 bridgehead atoms. The highest BCUT2D eigenvalue weighted by atomic mass is 16.2. The number of nitriles is 1. The van der Waals surface area contributed by atoms with Gasteiger partial charge in [-0.3, -0.25) is 4.98 Å². The number of hydrogen-bond acceptors (Lipinski definition) is 4. The van der Waals surface area contributed by atoms with E-state index in [-0.39, 0.29) is 6.03 Å². The number of carbonyl (C=O) groups excluding carboxylic acids is 1. The Labute approximate surface area is 170 Å². The van der Waals surface area contributed by atoms with Crippen molar-refractivity contribution in [2.45, 2.75) is 12.8 Å². The lowest BCUT2D eigenvalue weighted by Crippen LogP contribution is -2.42. The summed E-state index contributed by atoms with van der Waals surface area (Å²) in [6, 6.07) is 15.8. The molecule has 0 spiro atoms. The van der Waals surface area contributed by atoms with E-state index in [0.29, 0.717) is 24.6 Å². The van der Waals surface area contributed by atoms with Crippen molar-refractivity contribution in [3.8, 4) is 17.2 Å². The zero-order chi connectivity index (χ0) is 20.2. The Morgan fingerprint density at radius 3 is 2.79 bits per heavy atom. The third-order valence-electron chi connectivity index (χ3n) is 5.59. The van der Waals surface area contributed by atoms with E-state index in [4.69, 9.17) is 5.73 Å². The second-order valence-electron chi connectivity index (χ2n) is 7.46. The summed E-state index contributed by atoms with van der Waals surface area (Å²) in [5.41, 5.74) is 9.13. The molecule has 6 nitrogen and oxygen atoms in total. The van der Waals surface area contributed by atoms with Crippen molar-refractivity contribution in [3.05, 3.63) is 60.4 Å². The third kappa shape index (κ3) is 4.14. The van der Waals surface area contributed by atoms with Crippen LogP contribution in [0.25, 0.3) is 21.9 Å². The fraction of sp³-hybridized carbons (Fsp3) is 0.261. The SMILES string of the molecule is N#Cc1cccc(-c2cc(NCC3CCN(C(N)=O)CC3)c3cnccc3c2)c1. The van der Waals surface area contributed by atoms with Gasteiger partial charge in [0, 0.05) is 43.1 Å². The number of carbonyl (C=O) groups is 1. The minimum Gasteiger partial charge on any atom is -0.384 e. The second kappa shape index (κ2) is 8.19. The number of urea groups is 1. The molecule has 1 aliphatic heterocycles. The number of anilines is 1. The average molecular weight is 385 g/mol. The molecule has 4 rings (SSSR count). The van der Waals surface area contributed by atoms with Crippen molar-refractivity contribution in [1.29, 1.82) is 5.26 Å². The summed E-state index contributed by atoms with van der Waals surface area (Å²) in [7, 11) is 0. The van der Waals surface area contributed by atoms with Gasteiger partial charge in [-0.15, -0.1) is 0 Å². The first kappa shape index (κ1) is 18.8. The van der Waals surface area contributed by atoms with Gasteiger partial charge in [0.15, 0.2) is 0 Å². The van der Waals surface area contributed by atoms with Gasteiger partial charge in [-0.25, -0.2) is 4.79 Å². The molecule has 3 aromatic rings. The number of pyridine rings is 1. The van der Waals surface area contributed by atoms with Gasteiger partial charge in [0.05, 0.1) is 11.6 Å². The van der Waals surface area contributed by atoms with E-state index in [2.05, 4.69) is 28.5 Å². The van der Waals surface area contributed by atoms with Crippen molar-refractivity contribution in [3.63, 3.8) is 0 Å². The summed E-state index contributed by atoms with van der Waals surface area (Å²) in [6.07, 6.45) is 5.55. The molecule has 0 radical (unpaired) electrons. The lowest BCUT2D eigenvalue weighted by Gasteiger charge is -2.31. The van der Waals surface area contributed by atoms with E-state index in [1.165, 1.54) is 0 Å². The van der Waals surface area contributed by atoms with Gasteiger partial charge in [-0.2, -0.15) is 5.26 Å². The number of hydrogen-bond donors (Lipinski definition) is 2. The van der Waals surface area contributed by atoms with Crippen molar-refractivity contribution >= 4 is 22.5 Å². The van der Waals surface area contributed by atoms with Crippen LogP contribution in [0, 0.1) is 17.2 Å². The van der Waals surface area contributed by atoms with E-state index in [9.17, 15) is 10.1 Å². The minimum absolute atomic E-state index is 0.333. The molecule has 3 N–H and O–H groups in total. The quantitative estimate of drug-likeness (QED) is 0.710. The van der Waals surface area contributed by atoms with Crippen LogP contribution in [-0.2, 0) is 0 Å². The molecule has 0 unspecified atom stereocenters. The summed E-state index contributed by atoms with van der Waals surface area (Å²) in [5, 5.41) is 15.0. The second-order valence-corrected chi connectivity index (χ2v) is 7.46. The predicted molar refractivity (Wildman–Crippen MR) is 114 cm³/mol. The van der Waals surface area contributed by atoms with Gasteiger partial charge in [0.25, 0.3) is 0 Å². The Balaban J connectivity index is 1.58. The van der Waals surface area contributed by atoms with Crippen LogP contribution in [0.2, 0.25) is 0 Å². The fourth-order valence-corrected chi connectivity index (χ4v) is 3.89. The molecule has 1 fully saturated rings. The van der Waals surface area contributed by atoms with Crippen LogP contribution in [-0.4, -0.2) is 35.5 Å². The number of piperidine rings is 1. The van der Waals surface area contributed by atoms with Gasteiger partial charge in [-0.1, -0.05) is 12.1 Å². The highest BCUT2D eigenvalue weighted by Gasteiger charge is 2.21. The Morgan fingerprint density at radius 1 is 1.21 bits per heavy atom. The lowest BCUT2D eigenvalue weighted by atomic mass is 9.96. The largest absolute Gasteiger partial charge is 0.384 e. The molecular formula is C23H23N5O. The van der Waals surface area contributed by atoms with E-state index in [1.807, 2.05) is 36.5 Å². The summed E-state index contributed by atoms with van der Waals surface area (Å²) in [5.74, 6) is 0.489. The van der Waals surface area contributed by atoms with Crippen LogP contribution in [0.5, 0.6) is 0 Å². The number of nitrogens with zero attached hydrogens (tertiary/aromatic N) is 3. The van der Waals surface area contributed by atoms with Crippen LogP contribution in [0.15, 0.2) is 54.9 Å². The van der Waals surface area contributed by atoms with E-state index < -0.39 is 0 Å². The predicted octanol–water partition coefficient (Wildman–Crippen LogP) is 3.98. The molecule has 1 aromatic heterocycles. The minimum atomic E-state index is -0.333. The van der Waals surface area contributed by atoms with Crippen molar-refractivity contribution in [2.24, 2.45) is 11.7 Å². The van der Waals surface area contributed by atoms with Crippen LogP contribution >= 0.6 is 0 Å². The number of fused-ring (bicyclic) bond motifs is 1. The first-order chi connectivity index (χ1) is 14.1. The Morgan fingerprint density at radius 2 is 2.03 bits per heavy atom. The maximum absolute atomic E-state index is 11.3. The number of benzene rings is 2. The number of aromatic nitrogens is 1. The molecule has 0 aliphatic carbocycles. The molecule has 2 amide bonds. The van der Waals surface area contributed by atoms with Gasteiger partial charge in [0.2, 0.25) is 0 Å². The molecule has 2 aromatic carbocycles. The molecule has 146 valence electrons. The number of likely N-dealkylation sites (tertiary alicyclic amines) is 1. The average Bonchev–Trinajstić information content (AvgIpc) is 2.77. The van der Waals surface area contributed by atoms with Crippen molar-refractivity contribution in [2.75, 3.05) is 25.0 Å². The molecule has 2 heterocycles. The van der Waals surface area contributed by atoms with Crippen LogP contribution < -0.4 is 11.1 Å². The molecule has 29 heavy (non-hydrogen) atoms. The molecule has 6 heteroatoms. The van der Waals surface area contributed by atoms with E-state index >= 15 is 0 Å². The zero-order valence-electron chi connectivity index (χ0n) is 16.1. The molecule has 0 saturated carbocycles. The van der Waals surface area contributed by atoms with Gasteiger partial charge >= 0.3 is 6.03 Å². The Kier molecular flexibility index (Phi) is 5.30. The summed E-state index contributed by atoms with van der Waals surface area (Å²) in [4.78, 5) is 17.3. The zero-order valence-corrected chi connectivity index (χ0v) is 16.1. The first-order valence-corrected chi connectivity index (χ1v) is 9.80. The standard InChI is InChI=1S/C23H23N5O/c24-13-17-2-1-3-18(10-17)20-11-19-4-7-26-15-21(19)22(12-20)27-14-16-5-8-28(9-6-16)23(25)29/h1-4,7,10-12,15-16,27H,5-6,8-9,14H2,(H2,25,29). The maximum Gasteiger partial charge on any atom is 0.314 e.